The normalized spacial score (nSPS) is 18.3. The fourth-order valence-electron chi connectivity index (χ4n) is 4.45. The molecule has 0 saturated carbocycles. The molecule has 176 valence electrons. The smallest absolute Gasteiger partial charge is 0.243 e. The lowest BCUT2D eigenvalue weighted by molar-refractivity contribution is 0.205. The fraction of sp³-hybridized carbons (Fsp3) is 0.269. The first-order valence-electron chi connectivity index (χ1n) is 11.2. The second kappa shape index (κ2) is 8.77. The summed E-state index contributed by atoms with van der Waals surface area (Å²) in [4.78, 5) is 7.41. The van der Waals surface area contributed by atoms with Gasteiger partial charge >= 0.3 is 0 Å². The van der Waals surface area contributed by atoms with E-state index in [1.807, 2.05) is 50.2 Å². The van der Waals surface area contributed by atoms with Gasteiger partial charge in [-0.3, -0.25) is 0 Å². The maximum absolute atomic E-state index is 13.4. The van der Waals surface area contributed by atoms with Gasteiger partial charge < -0.3 is 14.4 Å². The van der Waals surface area contributed by atoms with Gasteiger partial charge in [0.25, 0.3) is 0 Å². The predicted molar refractivity (Wildman–Crippen MR) is 132 cm³/mol. The molecular weight excluding hydrogens is 450 g/mol. The Hall–Kier alpha value is -3.36. The molecule has 8 heteroatoms. The Labute approximate surface area is 200 Å². The van der Waals surface area contributed by atoms with Gasteiger partial charge in [-0.05, 0) is 62.4 Å². The van der Waals surface area contributed by atoms with Crippen molar-refractivity contribution < 1.29 is 17.9 Å². The van der Waals surface area contributed by atoms with Gasteiger partial charge in [-0.1, -0.05) is 23.8 Å². The number of aliphatic imine (C=N–C) groups is 1. The van der Waals surface area contributed by atoms with Gasteiger partial charge in [0.1, 0.15) is 23.0 Å². The molecule has 0 amide bonds. The van der Waals surface area contributed by atoms with Crippen LogP contribution >= 0.6 is 0 Å². The molecule has 0 unspecified atom stereocenters. The summed E-state index contributed by atoms with van der Waals surface area (Å²) in [5.74, 6) is 2.88. The molecule has 2 aliphatic heterocycles. The second-order valence-electron chi connectivity index (χ2n) is 8.59. The van der Waals surface area contributed by atoms with E-state index in [-0.39, 0.29) is 10.9 Å². The van der Waals surface area contributed by atoms with Crippen molar-refractivity contribution >= 4 is 21.5 Å². The third kappa shape index (κ3) is 4.03. The summed E-state index contributed by atoms with van der Waals surface area (Å²) in [5.41, 5.74) is 2.77. The van der Waals surface area contributed by atoms with E-state index in [1.54, 1.807) is 35.7 Å². The standard InChI is InChI=1S/C26H27N3O4S/c1-18-8-13-24-22(16-18)26(27-23-6-4-5-7-25(23)33-24)28-14-15-29(19(2)17-28)34(30,31)21-11-9-20(32-3)10-12-21/h4-13,16,19H,14-15,17H2,1-3H3/t19-/m1/s1. The lowest BCUT2D eigenvalue weighted by Gasteiger charge is -2.40. The number of ether oxygens (including phenoxy) is 2. The zero-order valence-corrected chi connectivity index (χ0v) is 20.2. The zero-order chi connectivity index (χ0) is 23.9. The minimum Gasteiger partial charge on any atom is -0.497 e. The minimum absolute atomic E-state index is 0.240. The van der Waals surface area contributed by atoms with Crippen molar-refractivity contribution in [1.82, 2.24) is 9.21 Å². The third-order valence-corrected chi connectivity index (χ3v) is 8.25. The van der Waals surface area contributed by atoms with Gasteiger partial charge in [-0.15, -0.1) is 0 Å². The van der Waals surface area contributed by atoms with Crippen LogP contribution in [0.15, 0.2) is 76.6 Å². The Morgan fingerprint density at radius 3 is 2.50 bits per heavy atom. The van der Waals surface area contributed by atoms with E-state index in [0.717, 1.165) is 28.4 Å². The maximum Gasteiger partial charge on any atom is 0.243 e. The van der Waals surface area contributed by atoms with E-state index in [4.69, 9.17) is 14.5 Å². The summed E-state index contributed by atoms with van der Waals surface area (Å²) in [7, 11) is -2.07. The van der Waals surface area contributed by atoms with Gasteiger partial charge in [-0.25, -0.2) is 13.4 Å². The van der Waals surface area contributed by atoms with E-state index in [0.29, 0.717) is 31.1 Å². The number of amidine groups is 1. The number of hydrogen-bond donors (Lipinski definition) is 0. The summed E-state index contributed by atoms with van der Waals surface area (Å²) in [6.07, 6.45) is 0. The number of fused-ring (bicyclic) bond motifs is 2. The number of nitrogens with zero attached hydrogens (tertiary/aromatic N) is 3. The van der Waals surface area contributed by atoms with Crippen molar-refractivity contribution in [2.45, 2.75) is 24.8 Å². The van der Waals surface area contributed by atoms with Gasteiger partial charge in [0.15, 0.2) is 5.75 Å². The highest BCUT2D eigenvalue weighted by Gasteiger charge is 2.36. The third-order valence-electron chi connectivity index (χ3n) is 6.22. The summed E-state index contributed by atoms with van der Waals surface area (Å²) < 4.78 is 39.7. The van der Waals surface area contributed by atoms with Crippen molar-refractivity contribution in [3.05, 3.63) is 77.9 Å². The van der Waals surface area contributed by atoms with Crippen LogP contribution in [0.3, 0.4) is 0 Å². The largest absolute Gasteiger partial charge is 0.497 e. The van der Waals surface area contributed by atoms with Crippen molar-refractivity contribution in [3.63, 3.8) is 0 Å². The number of para-hydroxylation sites is 2. The molecular formula is C26H27N3O4S. The van der Waals surface area contributed by atoms with Crippen LogP contribution in [0.2, 0.25) is 0 Å². The number of hydrogen-bond acceptors (Lipinski definition) is 6. The highest BCUT2D eigenvalue weighted by molar-refractivity contribution is 7.89. The quantitative estimate of drug-likeness (QED) is 0.552. The number of methoxy groups -OCH3 is 1. The van der Waals surface area contributed by atoms with Gasteiger partial charge in [0.2, 0.25) is 10.0 Å². The van der Waals surface area contributed by atoms with E-state index in [2.05, 4.69) is 11.0 Å². The number of rotatable bonds is 3. The molecule has 1 atom stereocenters. The lowest BCUT2D eigenvalue weighted by Crippen LogP contribution is -2.55. The molecule has 1 fully saturated rings. The van der Waals surface area contributed by atoms with E-state index in [9.17, 15) is 8.42 Å². The van der Waals surface area contributed by atoms with E-state index < -0.39 is 10.0 Å². The Bertz CT molecular complexity index is 1350. The molecule has 0 aromatic heterocycles. The average molecular weight is 478 g/mol. The first-order valence-corrected chi connectivity index (χ1v) is 12.7. The average Bonchev–Trinajstić information content (AvgIpc) is 3.00. The molecule has 34 heavy (non-hydrogen) atoms. The van der Waals surface area contributed by atoms with E-state index in [1.165, 1.54) is 0 Å². The van der Waals surface area contributed by atoms with Crippen LogP contribution in [0.5, 0.6) is 17.2 Å². The predicted octanol–water partition coefficient (Wildman–Crippen LogP) is 4.58. The summed E-state index contributed by atoms with van der Waals surface area (Å²) in [6.45, 7) is 5.38. The number of aryl methyl sites for hydroxylation is 1. The topological polar surface area (TPSA) is 71.4 Å². The summed E-state index contributed by atoms with van der Waals surface area (Å²) in [6, 6.07) is 20.1. The molecule has 7 nitrogen and oxygen atoms in total. The highest BCUT2D eigenvalue weighted by Crippen LogP contribution is 2.38. The maximum atomic E-state index is 13.4. The molecule has 0 radical (unpaired) electrons. The molecule has 0 spiro atoms. The molecule has 3 aromatic carbocycles. The molecule has 5 rings (SSSR count). The van der Waals surface area contributed by atoms with Crippen LogP contribution in [-0.2, 0) is 10.0 Å². The molecule has 2 aliphatic rings. The van der Waals surface area contributed by atoms with Crippen LogP contribution in [-0.4, -0.2) is 56.2 Å². The van der Waals surface area contributed by atoms with Crippen LogP contribution < -0.4 is 9.47 Å². The highest BCUT2D eigenvalue weighted by atomic mass is 32.2. The van der Waals surface area contributed by atoms with Crippen molar-refractivity contribution in [3.8, 4) is 17.2 Å². The zero-order valence-electron chi connectivity index (χ0n) is 19.4. The van der Waals surface area contributed by atoms with Crippen LogP contribution in [0.1, 0.15) is 18.1 Å². The fourth-order valence-corrected chi connectivity index (χ4v) is 6.06. The van der Waals surface area contributed by atoms with Crippen molar-refractivity contribution in [2.24, 2.45) is 4.99 Å². The van der Waals surface area contributed by atoms with Gasteiger partial charge in [0, 0.05) is 25.7 Å². The Morgan fingerprint density at radius 2 is 1.76 bits per heavy atom. The monoisotopic (exact) mass is 477 g/mol. The van der Waals surface area contributed by atoms with Gasteiger partial charge in [0.05, 0.1) is 17.6 Å². The first kappa shape index (κ1) is 22.4. The molecule has 2 heterocycles. The van der Waals surface area contributed by atoms with Crippen molar-refractivity contribution in [1.29, 1.82) is 0 Å². The summed E-state index contributed by atoms with van der Waals surface area (Å²) >= 11 is 0. The first-order chi connectivity index (χ1) is 16.4. The van der Waals surface area contributed by atoms with Crippen LogP contribution in [0.4, 0.5) is 5.69 Å². The number of sulfonamides is 1. The number of benzene rings is 3. The van der Waals surface area contributed by atoms with Gasteiger partial charge in [-0.2, -0.15) is 4.31 Å². The van der Waals surface area contributed by atoms with Crippen LogP contribution in [0.25, 0.3) is 0 Å². The Balaban J connectivity index is 1.46. The molecule has 0 N–H and O–H groups in total. The van der Waals surface area contributed by atoms with Crippen molar-refractivity contribution in [2.75, 3.05) is 26.7 Å². The minimum atomic E-state index is -3.63. The molecule has 1 saturated heterocycles. The van der Waals surface area contributed by atoms with E-state index >= 15 is 0 Å². The Morgan fingerprint density at radius 1 is 1.00 bits per heavy atom. The summed E-state index contributed by atoms with van der Waals surface area (Å²) in [5, 5.41) is 0. The SMILES string of the molecule is COc1ccc(S(=O)(=O)N2CCN(C3=Nc4ccccc4Oc4ccc(C)cc43)C[C@H]2C)cc1. The lowest BCUT2D eigenvalue weighted by atomic mass is 10.1. The molecule has 0 aliphatic carbocycles. The molecule has 3 aromatic rings. The number of piperazine rings is 1. The molecule has 0 bridgehead atoms. The van der Waals surface area contributed by atoms with Crippen LogP contribution in [0, 0.1) is 6.92 Å². The second-order valence-corrected chi connectivity index (χ2v) is 10.5. The Kier molecular flexibility index (Phi) is 5.79.